The Morgan fingerprint density at radius 2 is 1.81 bits per heavy atom. The van der Waals surface area contributed by atoms with Crippen molar-refractivity contribution < 1.29 is 17.9 Å². The average Bonchev–Trinajstić information content (AvgIpc) is 3.12. The Morgan fingerprint density at radius 1 is 1.03 bits per heavy atom. The minimum absolute atomic E-state index is 0. The first kappa shape index (κ1) is 25.6. The number of nitrogens with zero attached hydrogens (tertiary/aromatic N) is 3. The van der Waals surface area contributed by atoms with E-state index >= 15 is 0 Å². The molecule has 4 aromatic rings. The largest absolute Gasteiger partial charge is 0.489 e. The molecule has 0 saturated heterocycles. The van der Waals surface area contributed by atoms with E-state index in [4.69, 9.17) is 4.74 Å². The van der Waals surface area contributed by atoms with Crippen LogP contribution < -0.4 is 10.3 Å². The summed E-state index contributed by atoms with van der Waals surface area (Å²) in [5, 5.41) is 1.01. The molecule has 0 fully saturated rings. The van der Waals surface area contributed by atoms with E-state index in [1.165, 1.54) is 6.07 Å². The zero-order valence-corrected chi connectivity index (χ0v) is 19.4. The van der Waals surface area contributed by atoms with Gasteiger partial charge in [0, 0.05) is 56.4 Å². The molecule has 0 bridgehead atoms. The number of ether oxygens (including phenoxy) is 1. The second-order valence-electron chi connectivity index (χ2n) is 8.92. The Hall–Kier alpha value is -3.52. The van der Waals surface area contributed by atoms with Crippen molar-refractivity contribution in [1.29, 1.82) is 0 Å². The van der Waals surface area contributed by atoms with Crippen molar-refractivity contribution in [2.24, 2.45) is 7.05 Å². The van der Waals surface area contributed by atoms with Gasteiger partial charge in [-0.3, -0.25) is 14.3 Å². The Kier molecular flexibility index (Phi) is 7.26. The molecule has 0 spiro atoms. The van der Waals surface area contributed by atoms with E-state index in [0.717, 1.165) is 33.4 Å². The molecule has 1 aliphatic heterocycles. The number of hydrogen-bond donors (Lipinski definition) is 0. The van der Waals surface area contributed by atoms with Gasteiger partial charge in [-0.1, -0.05) is 43.8 Å². The average molecular weight is 498 g/mol. The lowest BCUT2D eigenvalue weighted by molar-refractivity contribution is -0.138. The van der Waals surface area contributed by atoms with Crippen molar-refractivity contribution in [2.75, 3.05) is 13.1 Å². The number of rotatable bonds is 6. The first-order chi connectivity index (χ1) is 16.8. The number of aryl methyl sites for hydroxylation is 1. The molecule has 5 rings (SSSR count). The summed E-state index contributed by atoms with van der Waals surface area (Å²) in [6.07, 6.45) is -2.55. The van der Waals surface area contributed by atoms with Crippen LogP contribution in [0, 0.1) is 0 Å². The number of aromatic nitrogens is 2. The highest BCUT2D eigenvalue weighted by Gasteiger charge is 2.30. The molecule has 36 heavy (non-hydrogen) atoms. The van der Waals surface area contributed by atoms with Crippen molar-refractivity contribution in [2.45, 2.75) is 39.6 Å². The maximum Gasteiger partial charge on any atom is 0.390 e. The summed E-state index contributed by atoms with van der Waals surface area (Å²) in [5.41, 5.74) is 4.71. The Balaban J connectivity index is 0.00000304. The van der Waals surface area contributed by atoms with Gasteiger partial charge in [-0.25, -0.2) is 0 Å². The van der Waals surface area contributed by atoms with Gasteiger partial charge in [0.15, 0.2) is 0 Å². The van der Waals surface area contributed by atoms with Crippen molar-refractivity contribution >= 4 is 10.9 Å². The predicted molar refractivity (Wildman–Crippen MR) is 136 cm³/mol. The third kappa shape index (κ3) is 5.33. The Bertz CT molecular complexity index is 1410. The van der Waals surface area contributed by atoms with E-state index in [2.05, 4.69) is 4.57 Å². The van der Waals surface area contributed by atoms with E-state index < -0.39 is 12.6 Å². The topological polar surface area (TPSA) is 39.4 Å². The van der Waals surface area contributed by atoms with Gasteiger partial charge in [0.1, 0.15) is 12.4 Å². The first-order valence-corrected chi connectivity index (χ1v) is 11.6. The zero-order valence-electron chi connectivity index (χ0n) is 19.4. The minimum atomic E-state index is -4.15. The van der Waals surface area contributed by atoms with Gasteiger partial charge in [0.05, 0.1) is 17.6 Å². The highest BCUT2D eigenvalue weighted by molar-refractivity contribution is 5.87. The van der Waals surface area contributed by atoms with E-state index in [0.29, 0.717) is 31.9 Å². The third-order valence-corrected chi connectivity index (χ3v) is 6.60. The molecule has 0 radical (unpaired) electrons. The number of halogens is 3. The van der Waals surface area contributed by atoms with Crippen LogP contribution in [0.5, 0.6) is 5.75 Å². The van der Waals surface area contributed by atoms with E-state index in [-0.39, 0.29) is 19.5 Å². The summed E-state index contributed by atoms with van der Waals surface area (Å²) in [4.78, 5) is 14.7. The van der Waals surface area contributed by atoms with Gasteiger partial charge in [-0.15, -0.1) is 0 Å². The summed E-state index contributed by atoms with van der Waals surface area (Å²) < 4.78 is 47.5. The summed E-state index contributed by atoms with van der Waals surface area (Å²) in [7, 11) is 1.97. The summed E-state index contributed by atoms with van der Waals surface area (Å²) in [5.74, 6) is 0.504. The van der Waals surface area contributed by atoms with Crippen LogP contribution in [0.1, 0.15) is 30.7 Å². The number of hydrogen-bond acceptors (Lipinski definition) is 3. The molecule has 190 valence electrons. The molecule has 3 heterocycles. The molecule has 0 aliphatic carbocycles. The van der Waals surface area contributed by atoms with Gasteiger partial charge in [0.2, 0.25) is 0 Å². The Morgan fingerprint density at radius 3 is 2.53 bits per heavy atom. The van der Waals surface area contributed by atoms with Crippen LogP contribution in [0.4, 0.5) is 13.2 Å². The fraction of sp³-hybridized carbons (Fsp3) is 0.321. The maximum atomic E-state index is 12.8. The van der Waals surface area contributed by atoms with Crippen molar-refractivity contribution in [3.8, 4) is 11.4 Å². The lowest BCUT2D eigenvalue weighted by Gasteiger charge is -2.28. The van der Waals surface area contributed by atoms with Crippen LogP contribution in [0.3, 0.4) is 0 Å². The smallest absolute Gasteiger partial charge is 0.390 e. The fourth-order valence-electron chi connectivity index (χ4n) is 4.75. The molecule has 2 aromatic carbocycles. The van der Waals surface area contributed by atoms with Gasteiger partial charge < -0.3 is 9.30 Å². The van der Waals surface area contributed by atoms with E-state index in [1.54, 1.807) is 16.8 Å². The van der Waals surface area contributed by atoms with Crippen molar-refractivity contribution in [3.63, 3.8) is 0 Å². The monoisotopic (exact) mass is 497 g/mol. The van der Waals surface area contributed by atoms with E-state index in [9.17, 15) is 18.0 Å². The molecule has 0 N–H and O–H groups in total. The SMILES string of the molecule is C.Cn1c2c(c3ccc(-n4ccc(OCc5ccccc5)cc4=O)cc31)CN(CCC(F)(F)F)CC2. The molecule has 0 atom stereocenters. The van der Waals surface area contributed by atoms with Gasteiger partial charge >= 0.3 is 6.18 Å². The molecule has 5 nitrogen and oxygen atoms in total. The minimum Gasteiger partial charge on any atom is -0.489 e. The molecular weight excluding hydrogens is 467 g/mol. The second-order valence-corrected chi connectivity index (χ2v) is 8.92. The standard InChI is InChI=1S/C27H26F3N3O2.CH4/c1-31-24-10-12-32(14-11-27(28,29)30)17-23(24)22-8-7-20(15-25(22)31)33-13-9-21(16-26(33)34)35-18-19-5-3-2-4-6-19;/h2-9,13,15-16H,10-12,14,17-18H2,1H3;1H4. The van der Waals surface area contributed by atoms with Crippen LogP contribution in [0.15, 0.2) is 71.7 Å². The van der Waals surface area contributed by atoms with Crippen LogP contribution >= 0.6 is 0 Å². The quantitative estimate of drug-likeness (QED) is 0.335. The lowest BCUT2D eigenvalue weighted by atomic mass is 10.0. The highest BCUT2D eigenvalue weighted by Crippen LogP contribution is 2.32. The molecule has 1 aliphatic rings. The van der Waals surface area contributed by atoms with Crippen molar-refractivity contribution in [1.82, 2.24) is 14.0 Å². The van der Waals surface area contributed by atoms with Crippen LogP contribution in [0.2, 0.25) is 0 Å². The molecule has 0 amide bonds. The normalized spacial score (nSPS) is 13.9. The fourth-order valence-corrected chi connectivity index (χ4v) is 4.75. The lowest BCUT2D eigenvalue weighted by Crippen LogP contribution is -2.33. The van der Waals surface area contributed by atoms with Gasteiger partial charge in [-0.2, -0.15) is 13.2 Å². The van der Waals surface area contributed by atoms with E-state index in [1.807, 2.05) is 60.5 Å². The summed E-state index contributed by atoms with van der Waals surface area (Å²) in [6.45, 7) is 1.48. The molecule has 0 unspecified atom stereocenters. The van der Waals surface area contributed by atoms with Gasteiger partial charge in [-0.05, 0) is 29.3 Å². The first-order valence-electron chi connectivity index (χ1n) is 11.6. The Labute approximate surface area is 208 Å². The molecule has 0 saturated carbocycles. The number of pyridine rings is 1. The van der Waals surface area contributed by atoms with Gasteiger partial charge in [0.25, 0.3) is 5.56 Å². The summed E-state index contributed by atoms with van der Waals surface area (Å²) >= 11 is 0. The second kappa shape index (κ2) is 10.2. The molecule has 2 aromatic heterocycles. The van der Waals surface area contributed by atoms with Crippen molar-refractivity contribution in [3.05, 3.63) is 94.0 Å². The van der Waals surface area contributed by atoms with Crippen LogP contribution in [0.25, 0.3) is 16.6 Å². The summed E-state index contributed by atoms with van der Waals surface area (Å²) in [6, 6.07) is 18.8. The van der Waals surface area contributed by atoms with Crippen LogP contribution in [-0.4, -0.2) is 33.3 Å². The number of alkyl halides is 3. The zero-order chi connectivity index (χ0) is 24.6. The molecular formula is C28H30F3N3O2. The number of benzene rings is 2. The predicted octanol–water partition coefficient (Wildman–Crippen LogP) is 5.85. The third-order valence-electron chi connectivity index (χ3n) is 6.60. The maximum absolute atomic E-state index is 12.8. The highest BCUT2D eigenvalue weighted by atomic mass is 19.4. The number of fused-ring (bicyclic) bond motifs is 3. The molecule has 8 heteroatoms. The van der Waals surface area contributed by atoms with Crippen LogP contribution in [-0.2, 0) is 26.6 Å².